The van der Waals surface area contributed by atoms with Crippen LogP contribution in [-0.2, 0) is 18.4 Å². The van der Waals surface area contributed by atoms with Gasteiger partial charge in [-0.05, 0) is 59.1 Å². The Bertz CT molecular complexity index is 573. The maximum atomic E-state index is 11.5. The highest BCUT2D eigenvalue weighted by Gasteiger charge is 2.49. The Balaban J connectivity index is 2.17. The van der Waals surface area contributed by atoms with Gasteiger partial charge in [-0.1, -0.05) is 39.3 Å². The van der Waals surface area contributed by atoms with Crippen molar-refractivity contribution in [2.75, 3.05) is 0 Å². The van der Waals surface area contributed by atoms with E-state index in [1.165, 1.54) is 30.4 Å². The van der Waals surface area contributed by atoms with Crippen molar-refractivity contribution in [1.82, 2.24) is 0 Å². The fraction of sp³-hybridized carbons (Fsp3) is 0.632. The molecule has 0 spiro atoms. The number of rotatable bonds is 2. The molecule has 0 amide bonds. The number of carbonyl (C=O) groups excluding carboxylic acids is 1. The second-order valence-electron chi connectivity index (χ2n) is 7.79. The monoisotopic (exact) mass is 286 g/mol. The predicted molar refractivity (Wildman–Crippen MR) is 84.5 cm³/mol. The van der Waals surface area contributed by atoms with E-state index in [0.29, 0.717) is 11.3 Å². The molecule has 1 saturated carbocycles. The number of aliphatic hydroxyl groups is 1. The van der Waals surface area contributed by atoms with Gasteiger partial charge in [0.1, 0.15) is 0 Å². The Morgan fingerprint density at radius 1 is 1.29 bits per heavy atom. The van der Waals surface area contributed by atoms with Gasteiger partial charge < -0.3 is 5.11 Å². The van der Waals surface area contributed by atoms with E-state index in [2.05, 4.69) is 26.8 Å². The topological polar surface area (TPSA) is 37.3 Å². The van der Waals surface area contributed by atoms with Gasteiger partial charge >= 0.3 is 0 Å². The second-order valence-corrected chi connectivity index (χ2v) is 7.79. The summed E-state index contributed by atoms with van der Waals surface area (Å²) < 4.78 is 0. The number of benzene rings is 1. The Morgan fingerprint density at radius 2 is 2.05 bits per heavy atom. The third kappa shape index (κ3) is 2.07. The van der Waals surface area contributed by atoms with Gasteiger partial charge in [0.2, 0.25) is 0 Å². The van der Waals surface area contributed by atoms with Crippen LogP contribution >= 0.6 is 0 Å². The molecule has 2 heteroatoms. The van der Waals surface area contributed by atoms with Crippen LogP contribution in [0.3, 0.4) is 0 Å². The van der Waals surface area contributed by atoms with Crippen molar-refractivity contribution in [3.8, 4) is 0 Å². The number of hydrogen-bond acceptors (Lipinski definition) is 2. The number of aldehydes is 1. The Hall–Kier alpha value is -1.15. The van der Waals surface area contributed by atoms with Crippen molar-refractivity contribution >= 4 is 6.29 Å². The molecule has 0 aliphatic heterocycles. The summed E-state index contributed by atoms with van der Waals surface area (Å²) in [4.78, 5) is 11.5. The minimum Gasteiger partial charge on any atom is -0.392 e. The van der Waals surface area contributed by atoms with Gasteiger partial charge in [0.05, 0.1) is 6.61 Å². The third-order valence-corrected chi connectivity index (χ3v) is 6.26. The number of aliphatic hydroxyl groups excluding tert-OH is 1. The molecule has 21 heavy (non-hydrogen) atoms. The van der Waals surface area contributed by atoms with Gasteiger partial charge in [0.15, 0.2) is 6.29 Å². The van der Waals surface area contributed by atoms with E-state index < -0.39 is 0 Å². The van der Waals surface area contributed by atoms with Crippen molar-refractivity contribution < 1.29 is 9.90 Å². The van der Waals surface area contributed by atoms with E-state index in [1.54, 1.807) is 0 Å². The van der Waals surface area contributed by atoms with Crippen LogP contribution in [0.15, 0.2) is 12.1 Å². The maximum absolute atomic E-state index is 11.5. The maximum Gasteiger partial charge on any atom is 0.150 e. The molecule has 0 saturated heterocycles. The van der Waals surface area contributed by atoms with Gasteiger partial charge in [-0.2, -0.15) is 0 Å². The summed E-state index contributed by atoms with van der Waals surface area (Å²) >= 11 is 0. The van der Waals surface area contributed by atoms with E-state index >= 15 is 0 Å². The van der Waals surface area contributed by atoms with Gasteiger partial charge in [0, 0.05) is 5.56 Å². The molecule has 2 aliphatic rings. The Morgan fingerprint density at radius 3 is 2.71 bits per heavy atom. The average Bonchev–Trinajstić information content (AvgIpc) is 2.45. The van der Waals surface area contributed by atoms with Crippen LogP contribution in [0, 0.1) is 11.3 Å². The molecule has 3 rings (SSSR count). The zero-order valence-corrected chi connectivity index (χ0v) is 13.4. The molecular formula is C19H26O2. The summed E-state index contributed by atoms with van der Waals surface area (Å²) in [5.41, 5.74) is 4.65. The van der Waals surface area contributed by atoms with E-state index in [4.69, 9.17) is 0 Å². The first-order valence-corrected chi connectivity index (χ1v) is 8.15. The van der Waals surface area contributed by atoms with Crippen molar-refractivity contribution in [3.63, 3.8) is 0 Å². The second kappa shape index (κ2) is 4.95. The molecule has 0 aromatic heterocycles. The van der Waals surface area contributed by atoms with Crippen LogP contribution in [0.5, 0.6) is 0 Å². The molecule has 1 fully saturated rings. The molecule has 2 atom stereocenters. The highest BCUT2D eigenvalue weighted by Crippen LogP contribution is 2.57. The average molecular weight is 286 g/mol. The molecule has 1 aromatic rings. The summed E-state index contributed by atoms with van der Waals surface area (Å²) in [5.74, 6) is 0.686. The van der Waals surface area contributed by atoms with Crippen LogP contribution in [0.2, 0.25) is 0 Å². The molecule has 2 aliphatic carbocycles. The lowest BCUT2D eigenvalue weighted by atomic mass is 9.50. The zero-order chi connectivity index (χ0) is 15.3. The number of fused-ring (bicyclic) bond motifs is 3. The molecule has 0 radical (unpaired) electrons. The van der Waals surface area contributed by atoms with Crippen LogP contribution in [0.1, 0.15) is 73.5 Å². The first-order chi connectivity index (χ1) is 9.94. The number of carbonyl (C=O) groups is 1. The third-order valence-electron chi connectivity index (χ3n) is 6.26. The quantitative estimate of drug-likeness (QED) is 0.834. The van der Waals surface area contributed by atoms with Gasteiger partial charge in [-0.25, -0.2) is 0 Å². The van der Waals surface area contributed by atoms with E-state index in [-0.39, 0.29) is 12.0 Å². The van der Waals surface area contributed by atoms with Gasteiger partial charge in [0.25, 0.3) is 0 Å². The first-order valence-electron chi connectivity index (χ1n) is 8.15. The number of hydrogen-bond donors (Lipinski definition) is 1. The first kappa shape index (κ1) is 14.8. The molecule has 1 N–H and O–H groups in total. The lowest BCUT2D eigenvalue weighted by molar-refractivity contribution is 0.0405. The van der Waals surface area contributed by atoms with E-state index in [9.17, 15) is 9.90 Å². The summed E-state index contributed by atoms with van der Waals surface area (Å²) in [5, 5.41) is 9.47. The normalized spacial score (nSPS) is 30.4. The predicted octanol–water partition coefficient (Wildman–Crippen LogP) is 4.02. The van der Waals surface area contributed by atoms with Crippen molar-refractivity contribution in [2.24, 2.45) is 11.3 Å². The van der Waals surface area contributed by atoms with E-state index in [0.717, 1.165) is 30.3 Å². The van der Waals surface area contributed by atoms with E-state index in [1.807, 2.05) is 6.07 Å². The van der Waals surface area contributed by atoms with Crippen LogP contribution in [-0.4, -0.2) is 11.4 Å². The largest absolute Gasteiger partial charge is 0.392 e. The molecule has 0 heterocycles. The van der Waals surface area contributed by atoms with Gasteiger partial charge in [-0.3, -0.25) is 4.79 Å². The lowest BCUT2D eigenvalue weighted by Gasteiger charge is -2.54. The fourth-order valence-electron chi connectivity index (χ4n) is 5.24. The molecule has 0 bridgehead atoms. The lowest BCUT2D eigenvalue weighted by Crippen LogP contribution is -2.48. The highest BCUT2D eigenvalue weighted by atomic mass is 16.3. The SMILES string of the molecule is CC1(C)CCCC2(C)c3ccc(CO)c(C=O)c3CCC12. The summed E-state index contributed by atoms with van der Waals surface area (Å²) in [6.07, 6.45) is 6.86. The standard InChI is InChI=1S/C19H26O2/c1-18(2)9-4-10-19(3)16-7-5-13(11-20)15(12-21)14(16)6-8-17(18)19/h5,7,12,17,20H,4,6,8-11H2,1-3H3. The molecule has 2 unspecified atom stereocenters. The minimum atomic E-state index is -0.0486. The molecule has 2 nitrogen and oxygen atoms in total. The smallest absolute Gasteiger partial charge is 0.150 e. The zero-order valence-electron chi connectivity index (χ0n) is 13.4. The van der Waals surface area contributed by atoms with Crippen LogP contribution < -0.4 is 0 Å². The molecule has 1 aromatic carbocycles. The Labute approximate surface area is 127 Å². The Kier molecular flexibility index (Phi) is 3.48. The summed E-state index contributed by atoms with van der Waals surface area (Å²) in [7, 11) is 0. The van der Waals surface area contributed by atoms with Crippen LogP contribution in [0.25, 0.3) is 0 Å². The minimum absolute atomic E-state index is 0.0486. The van der Waals surface area contributed by atoms with Crippen molar-refractivity contribution in [3.05, 3.63) is 34.4 Å². The van der Waals surface area contributed by atoms with Crippen molar-refractivity contribution in [2.45, 2.75) is 64.9 Å². The molecular weight excluding hydrogens is 260 g/mol. The summed E-state index contributed by atoms with van der Waals surface area (Å²) in [6, 6.07) is 4.14. The van der Waals surface area contributed by atoms with Gasteiger partial charge in [-0.15, -0.1) is 0 Å². The highest BCUT2D eigenvalue weighted by molar-refractivity contribution is 5.81. The van der Waals surface area contributed by atoms with Crippen LogP contribution in [0.4, 0.5) is 0 Å². The molecule has 114 valence electrons. The fourth-order valence-corrected chi connectivity index (χ4v) is 5.24. The van der Waals surface area contributed by atoms with Crippen molar-refractivity contribution in [1.29, 1.82) is 0 Å². The summed E-state index contributed by atoms with van der Waals surface area (Å²) in [6.45, 7) is 7.16.